The molecule has 1 heterocycles. The van der Waals surface area contributed by atoms with Crippen molar-refractivity contribution in [2.45, 2.75) is 75.0 Å². The van der Waals surface area contributed by atoms with Gasteiger partial charge >= 0.3 is 11.9 Å². The van der Waals surface area contributed by atoms with Crippen LogP contribution in [0.25, 0.3) is 33.4 Å². The molecule has 0 aromatic heterocycles. The van der Waals surface area contributed by atoms with E-state index in [1.54, 1.807) is 73.6 Å². The number of aromatic hydroxyl groups is 2. The van der Waals surface area contributed by atoms with Crippen LogP contribution in [0, 0.1) is 55.4 Å². The molecule has 2 aliphatic rings. The Bertz CT molecular complexity index is 4400. The van der Waals surface area contributed by atoms with E-state index in [-0.39, 0.29) is 55.8 Å². The Hall–Kier alpha value is -8.33. The maximum atomic E-state index is 13.7. The Kier molecular flexibility index (Phi) is 14.3. The average Bonchev–Trinajstić information content (AvgIpc) is 3.51. The second-order valence-corrected chi connectivity index (χ2v) is 24.5. The second-order valence-electron chi connectivity index (χ2n) is 18.3. The predicted octanol–water partition coefficient (Wildman–Crippen LogP) is 9.55. The van der Waals surface area contributed by atoms with Crippen molar-refractivity contribution in [1.82, 2.24) is 0 Å². The zero-order valence-corrected chi connectivity index (χ0v) is 45.7. The van der Waals surface area contributed by atoms with Crippen molar-refractivity contribution < 1.29 is 77.2 Å². The zero-order chi connectivity index (χ0) is 57.5. The van der Waals surface area contributed by atoms with E-state index in [9.17, 15) is 72.8 Å². The number of aromatic carboxylic acids is 2. The summed E-state index contributed by atoms with van der Waals surface area (Å²) in [5.41, 5.74) is 3.65. The van der Waals surface area contributed by atoms with Crippen LogP contribution in [-0.2, 0) is 40.3 Å². The van der Waals surface area contributed by atoms with Gasteiger partial charge in [-0.25, -0.2) is 31.4 Å². The fourth-order valence-electron chi connectivity index (χ4n) is 9.09. The monoisotopic (exact) mass is 1140 g/mol. The predicted molar refractivity (Wildman–Crippen MR) is 289 cm³/mol. The number of benzene rings is 7. The molecule has 0 saturated carbocycles. The summed E-state index contributed by atoms with van der Waals surface area (Å²) >= 11 is 0. The van der Waals surface area contributed by atoms with Gasteiger partial charge in [0.2, 0.25) is 0 Å². The van der Waals surface area contributed by atoms with Gasteiger partial charge in [0.1, 0.15) is 43.8 Å². The topological polar surface area (TPSA) is 354 Å². The quantitative estimate of drug-likeness (QED) is 0.0361. The lowest BCUT2D eigenvalue weighted by Crippen LogP contribution is -2.17. The Morgan fingerprint density at radius 3 is 1.45 bits per heavy atom. The Morgan fingerprint density at radius 1 is 0.513 bits per heavy atom. The molecule has 25 heteroatoms. The Balaban J connectivity index is 1.30. The van der Waals surface area contributed by atoms with Crippen LogP contribution in [0.1, 0.15) is 65.2 Å². The van der Waals surface area contributed by atoms with Gasteiger partial charge in [-0.3, -0.25) is 18.5 Å². The first-order valence-electron chi connectivity index (χ1n) is 23.0. The number of phenols is 2. The molecule has 1 aliphatic carbocycles. The number of hydrogen-bond acceptors (Lipinski definition) is 15. The highest BCUT2D eigenvalue weighted by Gasteiger charge is 2.29. The van der Waals surface area contributed by atoms with Crippen LogP contribution in [0.2, 0.25) is 0 Å². The van der Waals surface area contributed by atoms with Crippen molar-refractivity contribution in [1.29, 1.82) is 0 Å². The summed E-state index contributed by atoms with van der Waals surface area (Å²) in [4.78, 5) is 25.9. The van der Waals surface area contributed by atoms with E-state index < -0.39 is 94.4 Å². The molecular formula is C53H48N4O17S4. The maximum Gasteiger partial charge on any atom is 0.339 e. The third kappa shape index (κ3) is 10.2. The molecular weight excluding hydrogens is 1090 g/mol. The van der Waals surface area contributed by atoms with Gasteiger partial charge in [0, 0.05) is 45.6 Å². The van der Waals surface area contributed by atoms with Gasteiger partial charge in [-0.2, -0.15) is 16.8 Å². The Morgan fingerprint density at radius 2 is 0.974 bits per heavy atom. The molecule has 0 bridgehead atoms. The largest absolute Gasteiger partial charge is 0.507 e. The number of nitrogens with zero attached hydrogens (tertiary/aromatic N) is 1. The minimum atomic E-state index is -5.18. The number of carboxylic acids is 2. The van der Waals surface area contributed by atoms with Gasteiger partial charge in [0.05, 0.1) is 32.2 Å². The fraction of sp³-hybridized carbons (Fsp3) is 0.151. The molecule has 78 heavy (non-hydrogen) atoms. The first-order valence-corrected chi connectivity index (χ1v) is 28.9. The highest BCUT2D eigenvalue weighted by Crippen LogP contribution is 2.45. The zero-order valence-electron chi connectivity index (χ0n) is 42.4. The van der Waals surface area contributed by atoms with Crippen LogP contribution in [0.3, 0.4) is 0 Å². The molecule has 6 aromatic carbocycles. The standard InChI is InChI=1S/C53H48N4O17S4/c1-24-28(5)50(56-75(64,65)33-14-17-41(58)37(20-33)52(60)61)29(6)25(2)48(24)54-32-13-16-35-43(19-32)74-44-23-40(46(78(71,72)73)22-39(44)47(35)36-11-9-10-12-45(36)77(68,69)70)55-49-26(3)30(7)51(31(8)27(49)4)57-76(66,67)34-15-18-42(59)38(21-34)53(62)63/h9-23,54,56-59H,1-8H3,(H,60,61)(H,62,63)(H,68,69,70)(H,71,72,73)/b55-40+. The van der Waals surface area contributed by atoms with Gasteiger partial charge in [0.25, 0.3) is 40.3 Å². The highest BCUT2D eigenvalue weighted by molar-refractivity contribution is 7.93. The van der Waals surface area contributed by atoms with Crippen molar-refractivity contribution in [3.05, 3.63) is 152 Å². The average molecular weight is 1140 g/mol. The summed E-state index contributed by atoms with van der Waals surface area (Å²) in [6.07, 6.45) is 0. The highest BCUT2D eigenvalue weighted by atomic mass is 32.2. The second kappa shape index (κ2) is 19.9. The fourth-order valence-corrected chi connectivity index (χ4v) is 12.9. The van der Waals surface area contributed by atoms with Crippen molar-refractivity contribution >= 4 is 91.6 Å². The molecule has 0 amide bonds. The lowest BCUT2D eigenvalue weighted by atomic mass is 9.93. The molecule has 0 spiro atoms. The molecule has 21 nitrogen and oxygen atoms in total. The molecule has 1 aliphatic heterocycles. The molecule has 0 saturated heterocycles. The lowest BCUT2D eigenvalue weighted by molar-refractivity contribution is 0.0682. The summed E-state index contributed by atoms with van der Waals surface area (Å²) in [5.74, 6) is -4.45. The summed E-state index contributed by atoms with van der Waals surface area (Å²) < 4.78 is 140. The SMILES string of the molecule is Cc1c(C)c(NS(=O)(=O)c2ccc(O)c(C(=O)O)c2)c(C)c(C)c1/N=c1\cc2oc3cc(Nc4c(C)c(C)c(NS(=O)(=O)c5ccc(O)c(C(=O)O)c5)c(C)c4C)ccc3c(-c3ccccc3S(=O)(=O)O)c-2cc1S(=O)(=O)O. The molecule has 406 valence electrons. The van der Waals surface area contributed by atoms with Gasteiger partial charge < -0.3 is 30.2 Å². The summed E-state index contributed by atoms with van der Waals surface area (Å²) in [7, 11) is -19.0. The third-order valence-corrected chi connectivity index (χ3v) is 18.2. The van der Waals surface area contributed by atoms with E-state index in [2.05, 4.69) is 14.8 Å². The number of carbonyl (C=O) groups is 2. The minimum Gasteiger partial charge on any atom is -0.507 e. The first-order chi connectivity index (χ1) is 36.2. The normalized spacial score (nSPS) is 12.5. The van der Waals surface area contributed by atoms with E-state index in [0.29, 0.717) is 55.9 Å². The van der Waals surface area contributed by atoms with Gasteiger partial charge in [-0.15, -0.1) is 0 Å². The van der Waals surface area contributed by atoms with Gasteiger partial charge in [-0.05, 0) is 161 Å². The smallest absolute Gasteiger partial charge is 0.339 e. The van der Waals surface area contributed by atoms with Crippen molar-refractivity contribution in [3.8, 4) is 33.9 Å². The molecule has 6 aromatic rings. The number of nitrogens with one attached hydrogen (secondary N) is 3. The summed E-state index contributed by atoms with van der Waals surface area (Å²) in [6, 6.07) is 18.0. The van der Waals surface area contributed by atoms with E-state index in [4.69, 9.17) is 9.41 Å². The molecule has 0 fully saturated rings. The van der Waals surface area contributed by atoms with Crippen molar-refractivity contribution in [2.75, 3.05) is 14.8 Å². The summed E-state index contributed by atoms with van der Waals surface area (Å²) in [5, 5.41) is 42.2. The number of hydrogen-bond donors (Lipinski definition) is 9. The minimum absolute atomic E-state index is 0.0424. The van der Waals surface area contributed by atoms with E-state index >= 15 is 0 Å². The Labute approximate surface area is 447 Å². The molecule has 8 rings (SSSR count). The van der Waals surface area contributed by atoms with Crippen LogP contribution in [0.5, 0.6) is 11.5 Å². The van der Waals surface area contributed by atoms with E-state index in [0.717, 1.165) is 48.5 Å². The number of fused-ring (bicyclic) bond motifs is 2. The van der Waals surface area contributed by atoms with Crippen LogP contribution in [0.15, 0.2) is 120 Å². The third-order valence-electron chi connectivity index (χ3n) is 13.7. The van der Waals surface area contributed by atoms with Gasteiger partial charge in [0.15, 0.2) is 0 Å². The molecule has 0 atom stereocenters. The van der Waals surface area contributed by atoms with Crippen molar-refractivity contribution in [3.63, 3.8) is 0 Å². The van der Waals surface area contributed by atoms with Gasteiger partial charge in [-0.1, -0.05) is 18.2 Å². The number of rotatable bonds is 14. The molecule has 0 unspecified atom stereocenters. The first kappa shape index (κ1) is 55.9. The van der Waals surface area contributed by atoms with E-state index in [1.165, 1.54) is 24.3 Å². The van der Waals surface area contributed by atoms with Crippen LogP contribution >= 0.6 is 0 Å². The summed E-state index contributed by atoms with van der Waals surface area (Å²) in [6.45, 7) is 13.1. The van der Waals surface area contributed by atoms with Crippen LogP contribution in [0.4, 0.5) is 28.4 Å². The van der Waals surface area contributed by atoms with E-state index in [1.807, 2.05) is 0 Å². The maximum absolute atomic E-state index is 13.7. The van der Waals surface area contributed by atoms with Crippen LogP contribution in [-0.4, -0.2) is 75.1 Å². The number of sulfonamides is 2. The molecule has 0 radical (unpaired) electrons. The number of carboxylic acid groups (broad SMARTS) is 2. The van der Waals surface area contributed by atoms with Crippen molar-refractivity contribution in [2.24, 2.45) is 4.99 Å². The lowest BCUT2D eigenvalue weighted by Gasteiger charge is -2.23. The van der Waals surface area contributed by atoms with Crippen LogP contribution < -0.4 is 20.1 Å². The molecule has 9 N–H and O–H groups in total. The number of anilines is 4.